The molecule has 0 saturated carbocycles. The third-order valence-corrected chi connectivity index (χ3v) is 4.41. The average Bonchev–Trinajstić information content (AvgIpc) is 2.97. The molecule has 0 bridgehead atoms. The molecule has 7 heteroatoms. The van der Waals surface area contributed by atoms with Crippen LogP contribution in [0, 0.1) is 10.5 Å². The first kappa shape index (κ1) is 15.5. The molecule has 2 N–H and O–H groups in total. The summed E-state index contributed by atoms with van der Waals surface area (Å²) in [7, 11) is 0. The van der Waals surface area contributed by atoms with Gasteiger partial charge in [0.1, 0.15) is 10.5 Å². The second kappa shape index (κ2) is 6.80. The lowest BCUT2D eigenvalue weighted by atomic mass is 10.1. The number of amides is 1. The first-order valence-corrected chi connectivity index (χ1v) is 8.03. The Labute approximate surface area is 141 Å². The van der Waals surface area contributed by atoms with Crippen LogP contribution in [0.5, 0.6) is 0 Å². The Balaban J connectivity index is 1.73. The number of benzene rings is 1. The van der Waals surface area contributed by atoms with Crippen LogP contribution >= 0.6 is 23.6 Å². The number of hydrogen-bond acceptors (Lipinski definition) is 4. The van der Waals surface area contributed by atoms with Gasteiger partial charge in [0.05, 0.1) is 5.56 Å². The van der Waals surface area contributed by atoms with Gasteiger partial charge in [-0.15, -0.1) is 11.3 Å². The Hall–Kier alpha value is -2.38. The molecule has 3 rings (SSSR count). The number of aromatic nitrogens is 2. The summed E-state index contributed by atoms with van der Waals surface area (Å²) in [4.78, 5) is 20.0. The number of hydrogen-bond donors (Lipinski definition) is 2. The van der Waals surface area contributed by atoms with E-state index in [0.717, 1.165) is 4.88 Å². The minimum Gasteiger partial charge on any atom is -0.352 e. The molecule has 0 saturated heterocycles. The standard InChI is InChI=1S/C16H12FN3OS2/c17-13-6-2-1-4-10(13)8-11-9-19-16(23-11)20-14(21)12-5-3-7-18-15(12)22/h1-7,9H,8H2,(H,18,22)(H,19,20,21). The van der Waals surface area contributed by atoms with Crippen molar-refractivity contribution < 1.29 is 9.18 Å². The molecule has 4 nitrogen and oxygen atoms in total. The maximum absolute atomic E-state index is 13.7. The van der Waals surface area contributed by atoms with Gasteiger partial charge in [-0.05, 0) is 23.8 Å². The van der Waals surface area contributed by atoms with Crippen molar-refractivity contribution in [1.29, 1.82) is 0 Å². The number of halogens is 1. The number of nitrogens with zero attached hydrogens (tertiary/aromatic N) is 1. The molecule has 0 spiro atoms. The zero-order valence-electron chi connectivity index (χ0n) is 11.9. The maximum Gasteiger partial charge on any atom is 0.260 e. The van der Waals surface area contributed by atoms with Crippen molar-refractivity contribution in [2.45, 2.75) is 6.42 Å². The van der Waals surface area contributed by atoms with Crippen LogP contribution < -0.4 is 5.32 Å². The minimum atomic E-state index is -0.321. The highest BCUT2D eigenvalue weighted by atomic mass is 32.1. The van der Waals surface area contributed by atoms with Gasteiger partial charge in [0, 0.05) is 23.7 Å². The Bertz CT molecular complexity index is 904. The van der Waals surface area contributed by atoms with Gasteiger partial charge in [0.2, 0.25) is 0 Å². The summed E-state index contributed by atoms with van der Waals surface area (Å²) in [5.41, 5.74) is 0.980. The summed E-state index contributed by atoms with van der Waals surface area (Å²) in [5.74, 6) is -0.569. The Kier molecular flexibility index (Phi) is 4.59. The van der Waals surface area contributed by atoms with Crippen LogP contribution in [0.2, 0.25) is 0 Å². The number of rotatable bonds is 4. The SMILES string of the molecule is O=C(Nc1ncc(Cc2ccccc2F)s1)c1ccc[nH]c1=S. The quantitative estimate of drug-likeness (QED) is 0.697. The lowest BCUT2D eigenvalue weighted by Crippen LogP contribution is -2.12. The number of pyridine rings is 1. The maximum atomic E-state index is 13.7. The molecule has 0 fully saturated rings. The molecule has 0 radical (unpaired) electrons. The molecule has 1 aromatic carbocycles. The average molecular weight is 345 g/mol. The van der Waals surface area contributed by atoms with Crippen molar-refractivity contribution >= 4 is 34.6 Å². The summed E-state index contributed by atoms with van der Waals surface area (Å²) in [6.45, 7) is 0. The molecule has 23 heavy (non-hydrogen) atoms. The molecule has 0 aliphatic carbocycles. The van der Waals surface area contributed by atoms with Gasteiger partial charge in [-0.1, -0.05) is 30.4 Å². The minimum absolute atomic E-state index is 0.248. The first-order valence-electron chi connectivity index (χ1n) is 6.80. The summed E-state index contributed by atoms with van der Waals surface area (Å²) in [5, 5.41) is 3.17. The number of anilines is 1. The lowest BCUT2D eigenvalue weighted by Gasteiger charge is -2.01. The van der Waals surface area contributed by atoms with Crippen molar-refractivity contribution in [2.75, 3.05) is 5.32 Å². The fourth-order valence-corrected chi connectivity index (χ4v) is 3.10. The Morgan fingerprint density at radius 3 is 2.91 bits per heavy atom. The van der Waals surface area contributed by atoms with Crippen LogP contribution in [0.3, 0.4) is 0 Å². The van der Waals surface area contributed by atoms with E-state index in [1.54, 1.807) is 42.7 Å². The number of nitrogens with one attached hydrogen (secondary N) is 2. The van der Waals surface area contributed by atoms with Gasteiger partial charge in [-0.25, -0.2) is 9.37 Å². The van der Waals surface area contributed by atoms with Gasteiger partial charge >= 0.3 is 0 Å². The zero-order chi connectivity index (χ0) is 16.2. The molecule has 0 aliphatic heterocycles. The van der Waals surface area contributed by atoms with Crippen molar-refractivity contribution in [3.8, 4) is 0 Å². The number of thiazole rings is 1. The molecule has 116 valence electrons. The van der Waals surface area contributed by atoms with Crippen LogP contribution in [0.25, 0.3) is 0 Å². The molecular weight excluding hydrogens is 333 g/mol. The van der Waals surface area contributed by atoms with Crippen molar-refractivity contribution in [3.05, 3.63) is 75.3 Å². The van der Waals surface area contributed by atoms with Crippen LogP contribution in [-0.4, -0.2) is 15.9 Å². The van der Waals surface area contributed by atoms with Crippen LogP contribution in [0.1, 0.15) is 20.8 Å². The molecule has 3 aromatic rings. The highest BCUT2D eigenvalue weighted by Gasteiger charge is 2.11. The molecule has 0 atom stereocenters. The van der Waals surface area contributed by atoms with E-state index in [2.05, 4.69) is 15.3 Å². The summed E-state index contributed by atoms with van der Waals surface area (Å²) in [6.07, 6.45) is 3.74. The number of aromatic amines is 1. The van der Waals surface area contributed by atoms with E-state index < -0.39 is 0 Å². The molecule has 0 unspecified atom stereocenters. The monoisotopic (exact) mass is 345 g/mol. The van der Waals surface area contributed by atoms with E-state index in [-0.39, 0.29) is 11.7 Å². The fraction of sp³-hybridized carbons (Fsp3) is 0.0625. The van der Waals surface area contributed by atoms with Crippen LogP contribution in [0.15, 0.2) is 48.8 Å². The van der Waals surface area contributed by atoms with Crippen molar-refractivity contribution in [2.24, 2.45) is 0 Å². The van der Waals surface area contributed by atoms with E-state index in [1.165, 1.54) is 17.4 Å². The molecular formula is C16H12FN3OS2. The van der Waals surface area contributed by atoms with Gasteiger partial charge < -0.3 is 4.98 Å². The summed E-state index contributed by atoms with van der Waals surface area (Å²) in [6, 6.07) is 9.95. The summed E-state index contributed by atoms with van der Waals surface area (Å²) >= 11 is 6.39. The largest absolute Gasteiger partial charge is 0.352 e. The van der Waals surface area contributed by atoms with E-state index in [4.69, 9.17) is 12.2 Å². The molecule has 2 aromatic heterocycles. The predicted octanol–water partition coefficient (Wildman–Crippen LogP) is 4.18. The zero-order valence-corrected chi connectivity index (χ0v) is 13.5. The van der Waals surface area contributed by atoms with Crippen LogP contribution in [-0.2, 0) is 6.42 Å². The first-order chi connectivity index (χ1) is 11.1. The normalized spacial score (nSPS) is 10.5. The summed E-state index contributed by atoms with van der Waals surface area (Å²) < 4.78 is 14.0. The topological polar surface area (TPSA) is 57.8 Å². The van der Waals surface area contributed by atoms with E-state index in [0.29, 0.717) is 27.3 Å². The van der Waals surface area contributed by atoms with Gasteiger partial charge in [-0.2, -0.15) is 0 Å². The second-order valence-corrected chi connectivity index (χ2v) is 6.29. The van der Waals surface area contributed by atoms with Gasteiger partial charge in [0.15, 0.2) is 5.13 Å². The Morgan fingerprint density at radius 1 is 1.30 bits per heavy atom. The smallest absolute Gasteiger partial charge is 0.260 e. The highest BCUT2D eigenvalue weighted by molar-refractivity contribution is 7.71. The van der Waals surface area contributed by atoms with E-state index in [1.807, 2.05) is 0 Å². The second-order valence-electron chi connectivity index (χ2n) is 4.77. The van der Waals surface area contributed by atoms with Gasteiger partial charge in [-0.3, -0.25) is 10.1 Å². The lowest BCUT2D eigenvalue weighted by molar-refractivity contribution is 0.102. The van der Waals surface area contributed by atoms with E-state index in [9.17, 15) is 9.18 Å². The Morgan fingerprint density at radius 2 is 2.13 bits per heavy atom. The van der Waals surface area contributed by atoms with Crippen molar-refractivity contribution in [3.63, 3.8) is 0 Å². The van der Waals surface area contributed by atoms with Crippen molar-refractivity contribution in [1.82, 2.24) is 9.97 Å². The molecule has 0 aliphatic rings. The number of H-pyrrole nitrogens is 1. The third kappa shape index (κ3) is 3.69. The number of carbonyl (C=O) groups excluding carboxylic acids is 1. The third-order valence-electron chi connectivity index (χ3n) is 3.16. The van der Waals surface area contributed by atoms with E-state index >= 15 is 0 Å². The molecule has 1 amide bonds. The fourth-order valence-electron chi connectivity index (χ4n) is 2.04. The highest BCUT2D eigenvalue weighted by Crippen LogP contribution is 2.22. The number of carbonyl (C=O) groups is 1. The molecule has 2 heterocycles. The van der Waals surface area contributed by atoms with Gasteiger partial charge in [0.25, 0.3) is 5.91 Å². The van der Waals surface area contributed by atoms with Crippen LogP contribution in [0.4, 0.5) is 9.52 Å². The predicted molar refractivity (Wildman–Crippen MR) is 90.9 cm³/mol.